The molecule has 0 fully saturated rings. The number of halogens is 6. The third-order valence-corrected chi connectivity index (χ3v) is 5.43. The highest BCUT2D eigenvalue weighted by Crippen LogP contribution is 2.33. The van der Waals surface area contributed by atoms with Gasteiger partial charge in [-0.05, 0) is 36.1 Å². The molecule has 2 N–H and O–H groups in total. The normalized spacial score (nSPS) is 11.4. The van der Waals surface area contributed by atoms with Gasteiger partial charge in [0.25, 0.3) is 0 Å². The topological polar surface area (TPSA) is 83.8 Å². The van der Waals surface area contributed by atoms with Crippen molar-refractivity contribution in [2.45, 2.75) is 16.7 Å². The third kappa shape index (κ3) is 7.70. The fourth-order valence-corrected chi connectivity index (χ4v) is 3.43. The molecule has 188 valence electrons. The van der Waals surface area contributed by atoms with Crippen LogP contribution >= 0.6 is 34.8 Å². The Morgan fingerprint density at radius 3 is 1.63 bits per heavy atom. The highest BCUT2D eigenvalue weighted by atomic mass is 35.6. The van der Waals surface area contributed by atoms with E-state index in [0.29, 0.717) is 21.5 Å². The molecule has 4 aromatic rings. The van der Waals surface area contributed by atoms with Gasteiger partial charge in [0.05, 0.1) is 0 Å². The zero-order valence-electron chi connectivity index (χ0n) is 17.8. The molecule has 0 bridgehead atoms. The maximum Gasteiger partial charge on any atom is 0.534 e. The van der Waals surface area contributed by atoms with Gasteiger partial charge in [0, 0.05) is 16.2 Å². The summed E-state index contributed by atoms with van der Waals surface area (Å²) >= 11 is 14.4. The van der Waals surface area contributed by atoms with Crippen molar-refractivity contribution in [2.75, 3.05) is 0 Å². The molecule has 5 nitrogen and oxygen atoms in total. The van der Waals surface area contributed by atoms with Crippen LogP contribution in [0.3, 0.4) is 0 Å². The van der Waals surface area contributed by atoms with Crippen molar-refractivity contribution in [1.82, 2.24) is 0 Å². The fourth-order valence-electron chi connectivity index (χ4n) is 2.95. The number of hydrogen-bond acceptors (Lipinski definition) is 5. The van der Waals surface area contributed by atoms with Gasteiger partial charge in [-0.1, -0.05) is 89.4 Å². The number of aromatic hydroxyl groups is 2. The Morgan fingerprint density at radius 1 is 0.743 bits per heavy atom. The summed E-state index contributed by atoms with van der Waals surface area (Å²) in [5.41, 5.74) is -4.63. The average molecular weight is 570 g/mol. The Balaban J connectivity index is 0.000000229. The number of phenolic OH excluding ortho intramolecular Hbond substituents is 2. The Kier molecular flexibility index (Phi) is 9.74. The van der Waals surface area contributed by atoms with Crippen molar-refractivity contribution in [3.05, 3.63) is 78.4 Å². The van der Waals surface area contributed by atoms with Gasteiger partial charge in [0.1, 0.15) is 11.5 Å². The molecular weight excluding hydrogens is 552 g/mol. The smallest absolute Gasteiger partial charge is 0.507 e. The van der Waals surface area contributed by atoms with E-state index >= 15 is 0 Å². The van der Waals surface area contributed by atoms with E-state index in [0.717, 1.165) is 5.56 Å². The summed E-state index contributed by atoms with van der Waals surface area (Å²) in [6.07, 6.45) is 0. The van der Waals surface area contributed by atoms with Crippen LogP contribution in [0.15, 0.2) is 72.8 Å². The molecule has 0 amide bonds. The lowest BCUT2D eigenvalue weighted by Gasteiger charge is -2.12. The van der Waals surface area contributed by atoms with Crippen LogP contribution < -0.4 is 4.18 Å². The molecule has 0 aliphatic carbocycles. The van der Waals surface area contributed by atoms with Gasteiger partial charge in [-0.15, -0.1) is 0 Å². The van der Waals surface area contributed by atoms with Gasteiger partial charge in [-0.3, -0.25) is 0 Å². The second-order valence-electron chi connectivity index (χ2n) is 6.81. The van der Waals surface area contributed by atoms with Crippen LogP contribution in [0, 0.1) is 6.92 Å². The first kappa shape index (κ1) is 28.6. The SMILES string of the molecule is Cc1cccc2c(OS(=O)(=O)C(F)(F)F)cccc12.ClC(Cl)Cl.Oc1cccc2c(O)cccc12. The summed E-state index contributed by atoms with van der Waals surface area (Å²) < 4.78 is 62.3. The van der Waals surface area contributed by atoms with Crippen LogP contribution in [0.25, 0.3) is 21.5 Å². The van der Waals surface area contributed by atoms with Crippen molar-refractivity contribution in [2.24, 2.45) is 0 Å². The van der Waals surface area contributed by atoms with E-state index in [1.165, 1.54) is 18.2 Å². The Hall–Kier alpha value is -2.59. The Labute approximate surface area is 214 Å². The van der Waals surface area contributed by atoms with E-state index in [4.69, 9.17) is 34.8 Å². The van der Waals surface area contributed by atoms with Crippen molar-refractivity contribution in [1.29, 1.82) is 0 Å². The molecule has 0 aliphatic rings. The van der Waals surface area contributed by atoms with Crippen molar-refractivity contribution < 1.29 is 36.0 Å². The molecule has 0 atom stereocenters. The summed E-state index contributed by atoms with van der Waals surface area (Å²) in [6, 6.07) is 19.3. The van der Waals surface area contributed by atoms with E-state index in [-0.39, 0.29) is 17.2 Å². The van der Waals surface area contributed by atoms with Crippen LogP contribution in [-0.4, -0.2) is 28.4 Å². The van der Waals surface area contributed by atoms with E-state index in [9.17, 15) is 31.8 Å². The predicted octanol–water partition coefficient (Wildman–Crippen LogP) is 7.61. The van der Waals surface area contributed by atoms with Crippen molar-refractivity contribution in [3.63, 3.8) is 0 Å². The molecular formula is C23H18Cl3F3O5S. The van der Waals surface area contributed by atoms with Gasteiger partial charge in [0.15, 0.2) is 10.0 Å². The first-order valence-corrected chi connectivity index (χ1v) is 12.3. The average Bonchev–Trinajstić information content (AvgIpc) is 2.75. The minimum atomic E-state index is -5.66. The number of rotatable bonds is 2. The highest BCUT2D eigenvalue weighted by molar-refractivity contribution is 7.88. The lowest BCUT2D eigenvalue weighted by molar-refractivity contribution is -0.0499. The summed E-state index contributed by atoms with van der Waals surface area (Å²) in [7, 11) is -5.66. The van der Waals surface area contributed by atoms with Crippen LogP contribution in [0.2, 0.25) is 0 Å². The summed E-state index contributed by atoms with van der Waals surface area (Å²) in [5, 5.41) is 21.1. The second-order valence-corrected chi connectivity index (χ2v) is 10.3. The maximum atomic E-state index is 12.3. The van der Waals surface area contributed by atoms with Gasteiger partial charge < -0.3 is 14.4 Å². The predicted molar refractivity (Wildman–Crippen MR) is 133 cm³/mol. The first-order chi connectivity index (χ1) is 16.2. The zero-order valence-corrected chi connectivity index (χ0v) is 20.9. The molecule has 35 heavy (non-hydrogen) atoms. The number of fused-ring (bicyclic) bond motifs is 2. The van der Waals surface area contributed by atoms with Crippen LogP contribution in [0.5, 0.6) is 17.2 Å². The van der Waals surface area contributed by atoms with Crippen molar-refractivity contribution >= 4 is 66.5 Å². The molecule has 0 unspecified atom stereocenters. The maximum absolute atomic E-state index is 12.3. The molecule has 0 heterocycles. The monoisotopic (exact) mass is 568 g/mol. The standard InChI is InChI=1S/C12H9F3O3S.C10H8O2.CHCl3/c1-8-4-2-6-10-9(8)5-3-7-11(10)18-19(16,17)12(13,14)15;11-9-5-1-3-7-8(9)4-2-6-10(7)12;2-1(3)4/h2-7H,1H3;1-6,11-12H;1H. The van der Waals surface area contributed by atoms with E-state index in [1.54, 1.807) is 61.5 Å². The zero-order chi connectivity index (χ0) is 26.4. The van der Waals surface area contributed by atoms with Gasteiger partial charge >= 0.3 is 15.6 Å². The van der Waals surface area contributed by atoms with Crippen molar-refractivity contribution in [3.8, 4) is 17.2 Å². The van der Waals surface area contributed by atoms with E-state index in [2.05, 4.69) is 4.18 Å². The second kappa shape index (κ2) is 11.9. The number of phenols is 2. The van der Waals surface area contributed by atoms with Gasteiger partial charge in [-0.25, -0.2) is 0 Å². The first-order valence-electron chi connectivity index (χ1n) is 9.55. The molecule has 0 radical (unpaired) electrons. The number of alkyl halides is 6. The molecule has 0 spiro atoms. The molecule has 4 aromatic carbocycles. The molecule has 0 saturated carbocycles. The molecule has 0 aromatic heterocycles. The Bertz CT molecular complexity index is 1370. The number of aryl methyl sites for hydroxylation is 1. The Morgan fingerprint density at radius 2 is 1.14 bits per heavy atom. The summed E-state index contributed by atoms with van der Waals surface area (Å²) in [6.45, 7) is 1.77. The molecule has 0 saturated heterocycles. The quantitative estimate of drug-likeness (QED) is 0.147. The minimum Gasteiger partial charge on any atom is -0.507 e. The van der Waals surface area contributed by atoms with Crippen LogP contribution in [-0.2, 0) is 10.1 Å². The summed E-state index contributed by atoms with van der Waals surface area (Å²) in [5.74, 6) is 0.0605. The van der Waals surface area contributed by atoms with Crippen LogP contribution in [0.1, 0.15) is 5.56 Å². The lowest BCUT2D eigenvalue weighted by atomic mass is 10.1. The molecule has 0 aliphatic heterocycles. The van der Waals surface area contributed by atoms with Gasteiger partial charge in [-0.2, -0.15) is 21.6 Å². The molecule has 12 heteroatoms. The third-order valence-electron chi connectivity index (χ3n) is 4.46. The van der Waals surface area contributed by atoms with Gasteiger partial charge in [0.2, 0.25) is 0 Å². The van der Waals surface area contributed by atoms with E-state index < -0.39 is 19.9 Å². The molecule has 4 rings (SSSR count). The number of hydrogen-bond donors (Lipinski definition) is 2. The fraction of sp³-hybridized carbons (Fsp3) is 0.130. The largest absolute Gasteiger partial charge is 0.534 e. The highest BCUT2D eigenvalue weighted by Gasteiger charge is 2.48. The van der Waals surface area contributed by atoms with Crippen LogP contribution in [0.4, 0.5) is 13.2 Å². The lowest BCUT2D eigenvalue weighted by Crippen LogP contribution is -2.28. The summed E-state index contributed by atoms with van der Waals surface area (Å²) in [4.78, 5) is 0. The minimum absolute atomic E-state index is 0.198. The van der Waals surface area contributed by atoms with E-state index in [1.807, 2.05) is 0 Å². The number of benzene rings is 4.